The molecule has 0 saturated carbocycles. The Hall–Kier alpha value is -2.54. The fourth-order valence-corrected chi connectivity index (χ4v) is 2.26. The molecular weight excluding hydrogens is 318 g/mol. The predicted octanol–water partition coefficient (Wildman–Crippen LogP) is 2.17. The predicted molar refractivity (Wildman–Crippen MR) is 88.9 cm³/mol. The van der Waals surface area contributed by atoms with Gasteiger partial charge < -0.3 is 16.0 Å². The largest absolute Gasteiger partial charge is 0.355 e. The van der Waals surface area contributed by atoms with Crippen molar-refractivity contribution < 1.29 is 9.59 Å². The van der Waals surface area contributed by atoms with E-state index >= 15 is 0 Å². The zero-order valence-corrected chi connectivity index (χ0v) is 13.6. The molecule has 1 unspecified atom stereocenters. The standard InChI is InChI=1S/C15H18ClN5O2/c1-3-17-14(22)10(2)19-15(23)20-12-7-4-6-11(16)13(12)21-9-5-8-18-21/h4-10H,3H2,1-2H3,(H,17,22)(H2,19,20,23). The van der Waals surface area contributed by atoms with E-state index in [4.69, 9.17) is 11.6 Å². The number of anilines is 1. The molecule has 0 saturated heterocycles. The number of hydrogen-bond acceptors (Lipinski definition) is 3. The minimum Gasteiger partial charge on any atom is -0.355 e. The van der Waals surface area contributed by atoms with Crippen LogP contribution < -0.4 is 16.0 Å². The molecule has 1 aromatic heterocycles. The van der Waals surface area contributed by atoms with E-state index in [1.165, 1.54) is 0 Å². The number of amides is 3. The van der Waals surface area contributed by atoms with Gasteiger partial charge in [0, 0.05) is 18.9 Å². The fraction of sp³-hybridized carbons (Fsp3) is 0.267. The average Bonchev–Trinajstić information content (AvgIpc) is 3.01. The summed E-state index contributed by atoms with van der Waals surface area (Å²) < 4.78 is 1.56. The highest BCUT2D eigenvalue weighted by molar-refractivity contribution is 6.33. The zero-order chi connectivity index (χ0) is 16.8. The van der Waals surface area contributed by atoms with E-state index < -0.39 is 12.1 Å². The molecule has 2 aromatic rings. The lowest BCUT2D eigenvalue weighted by Crippen LogP contribution is -2.46. The molecule has 0 bridgehead atoms. The van der Waals surface area contributed by atoms with Crippen molar-refractivity contribution in [1.82, 2.24) is 20.4 Å². The highest BCUT2D eigenvalue weighted by Gasteiger charge is 2.17. The monoisotopic (exact) mass is 335 g/mol. The third kappa shape index (κ3) is 4.23. The molecule has 0 aliphatic rings. The Morgan fingerprint density at radius 1 is 1.35 bits per heavy atom. The maximum atomic E-state index is 12.1. The van der Waals surface area contributed by atoms with Crippen LogP contribution in [0.15, 0.2) is 36.7 Å². The maximum absolute atomic E-state index is 12.1. The summed E-state index contributed by atoms with van der Waals surface area (Å²) in [4.78, 5) is 23.7. The van der Waals surface area contributed by atoms with Gasteiger partial charge in [-0.2, -0.15) is 5.10 Å². The molecule has 1 heterocycles. The smallest absolute Gasteiger partial charge is 0.319 e. The first kappa shape index (κ1) is 16.8. The van der Waals surface area contributed by atoms with E-state index in [0.717, 1.165) is 0 Å². The van der Waals surface area contributed by atoms with E-state index in [9.17, 15) is 9.59 Å². The van der Waals surface area contributed by atoms with Crippen LogP contribution in [0, 0.1) is 0 Å². The Bertz CT molecular complexity index is 687. The average molecular weight is 336 g/mol. The van der Waals surface area contributed by atoms with E-state index in [0.29, 0.717) is 22.9 Å². The highest BCUT2D eigenvalue weighted by atomic mass is 35.5. The molecule has 0 aliphatic heterocycles. The van der Waals surface area contributed by atoms with Crippen molar-refractivity contribution in [3.63, 3.8) is 0 Å². The second-order valence-corrected chi connectivity index (χ2v) is 5.21. The van der Waals surface area contributed by atoms with Gasteiger partial charge >= 0.3 is 6.03 Å². The third-order valence-electron chi connectivity index (χ3n) is 3.06. The summed E-state index contributed by atoms with van der Waals surface area (Å²) in [7, 11) is 0. The first-order valence-corrected chi connectivity index (χ1v) is 7.54. The van der Waals surface area contributed by atoms with E-state index in [2.05, 4.69) is 21.0 Å². The van der Waals surface area contributed by atoms with Gasteiger partial charge in [-0.1, -0.05) is 17.7 Å². The minimum atomic E-state index is -0.651. The molecule has 1 aromatic carbocycles. The Morgan fingerprint density at radius 2 is 2.13 bits per heavy atom. The lowest BCUT2D eigenvalue weighted by Gasteiger charge is -2.16. The SMILES string of the molecule is CCNC(=O)C(C)NC(=O)Nc1cccc(Cl)c1-n1cccn1. The molecule has 8 heteroatoms. The van der Waals surface area contributed by atoms with Crippen molar-refractivity contribution >= 4 is 29.2 Å². The summed E-state index contributed by atoms with van der Waals surface area (Å²) >= 11 is 6.21. The first-order chi connectivity index (χ1) is 11.0. The van der Waals surface area contributed by atoms with Gasteiger partial charge in [-0.15, -0.1) is 0 Å². The molecule has 3 amide bonds. The fourth-order valence-electron chi connectivity index (χ4n) is 2.00. The van der Waals surface area contributed by atoms with Crippen LogP contribution in [0.1, 0.15) is 13.8 Å². The van der Waals surface area contributed by atoms with Gasteiger partial charge in [-0.25, -0.2) is 9.48 Å². The van der Waals surface area contributed by atoms with E-state index in [-0.39, 0.29) is 5.91 Å². The van der Waals surface area contributed by atoms with Gasteiger partial charge in [-0.3, -0.25) is 4.79 Å². The number of urea groups is 1. The lowest BCUT2D eigenvalue weighted by molar-refractivity contribution is -0.122. The van der Waals surface area contributed by atoms with Crippen LogP contribution in [0.5, 0.6) is 0 Å². The second-order valence-electron chi connectivity index (χ2n) is 4.80. The van der Waals surface area contributed by atoms with Crippen LogP contribution in [0.4, 0.5) is 10.5 Å². The van der Waals surface area contributed by atoms with Crippen LogP contribution in [-0.4, -0.2) is 34.3 Å². The molecule has 122 valence electrons. The minimum absolute atomic E-state index is 0.249. The van der Waals surface area contributed by atoms with Crippen molar-refractivity contribution in [1.29, 1.82) is 0 Å². The van der Waals surface area contributed by atoms with E-state index in [1.807, 2.05) is 6.92 Å². The zero-order valence-electron chi connectivity index (χ0n) is 12.8. The number of hydrogen-bond donors (Lipinski definition) is 3. The normalized spacial score (nSPS) is 11.6. The molecular formula is C15H18ClN5O2. The van der Waals surface area contributed by atoms with Crippen molar-refractivity contribution in [2.75, 3.05) is 11.9 Å². The summed E-state index contributed by atoms with van der Waals surface area (Å²) in [6, 6.07) is 5.74. The number of para-hydroxylation sites is 1. The van der Waals surface area contributed by atoms with Crippen molar-refractivity contribution in [3.05, 3.63) is 41.7 Å². The summed E-state index contributed by atoms with van der Waals surface area (Å²) in [6.45, 7) is 3.92. The summed E-state index contributed by atoms with van der Waals surface area (Å²) in [6.07, 6.45) is 3.34. The van der Waals surface area contributed by atoms with Crippen molar-refractivity contribution in [2.45, 2.75) is 19.9 Å². The number of rotatable bonds is 5. The van der Waals surface area contributed by atoms with Gasteiger partial charge in [0.1, 0.15) is 11.7 Å². The molecule has 23 heavy (non-hydrogen) atoms. The molecule has 0 aliphatic carbocycles. The first-order valence-electron chi connectivity index (χ1n) is 7.16. The number of nitrogens with zero attached hydrogens (tertiary/aromatic N) is 2. The molecule has 3 N–H and O–H groups in total. The molecule has 0 fully saturated rings. The maximum Gasteiger partial charge on any atom is 0.319 e. The number of carbonyl (C=O) groups is 2. The molecule has 2 rings (SSSR count). The second kappa shape index (κ2) is 7.64. The van der Waals surface area contributed by atoms with Gasteiger partial charge in [-0.05, 0) is 32.0 Å². The van der Waals surface area contributed by atoms with Gasteiger partial charge in [0.25, 0.3) is 0 Å². The Kier molecular flexibility index (Phi) is 5.59. The topological polar surface area (TPSA) is 88.0 Å². The molecule has 7 nitrogen and oxygen atoms in total. The van der Waals surface area contributed by atoms with Gasteiger partial charge in [0.15, 0.2) is 0 Å². The summed E-state index contributed by atoms with van der Waals surface area (Å²) in [5.41, 5.74) is 1.04. The van der Waals surface area contributed by atoms with Crippen LogP contribution >= 0.6 is 11.6 Å². The number of carbonyl (C=O) groups excluding carboxylic acids is 2. The Balaban J connectivity index is 2.13. The van der Waals surface area contributed by atoms with Crippen molar-refractivity contribution in [2.24, 2.45) is 0 Å². The number of aromatic nitrogens is 2. The third-order valence-corrected chi connectivity index (χ3v) is 3.37. The number of halogens is 1. The van der Waals surface area contributed by atoms with Crippen LogP contribution in [-0.2, 0) is 4.79 Å². The molecule has 0 spiro atoms. The quantitative estimate of drug-likeness (QED) is 0.782. The lowest BCUT2D eigenvalue weighted by atomic mass is 10.2. The summed E-state index contributed by atoms with van der Waals surface area (Å²) in [5, 5.41) is 12.5. The number of likely N-dealkylation sites (N-methyl/N-ethyl adjacent to an activating group) is 1. The van der Waals surface area contributed by atoms with Gasteiger partial charge in [0.2, 0.25) is 5.91 Å². The number of nitrogens with one attached hydrogen (secondary N) is 3. The Labute approximate surface area is 139 Å². The number of benzene rings is 1. The van der Waals surface area contributed by atoms with Crippen LogP contribution in [0.2, 0.25) is 5.02 Å². The van der Waals surface area contributed by atoms with Crippen LogP contribution in [0.25, 0.3) is 5.69 Å². The summed E-state index contributed by atoms with van der Waals surface area (Å²) in [5.74, 6) is -0.249. The molecule has 0 radical (unpaired) electrons. The highest BCUT2D eigenvalue weighted by Crippen LogP contribution is 2.27. The van der Waals surface area contributed by atoms with E-state index in [1.54, 1.807) is 48.3 Å². The van der Waals surface area contributed by atoms with Gasteiger partial charge in [0.05, 0.1) is 10.7 Å². The van der Waals surface area contributed by atoms with Crippen LogP contribution in [0.3, 0.4) is 0 Å². The Morgan fingerprint density at radius 3 is 2.78 bits per heavy atom. The molecule has 1 atom stereocenters. The van der Waals surface area contributed by atoms with Crippen molar-refractivity contribution in [3.8, 4) is 5.69 Å².